The van der Waals surface area contributed by atoms with Crippen molar-refractivity contribution in [1.29, 1.82) is 0 Å². The summed E-state index contributed by atoms with van der Waals surface area (Å²) in [6.07, 6.45) is -3.86. The fourth-order valence-corrected chi connectivity index (χ4v) is 1.22. The van der Waals surface area contributed by atoms with Crippen LogP contribution in [0.15, 0.2) is 6.07 Å². The number of carboxylic acid groups (broad SMARTS) is 1. The summed E-state index contributed by atoms with van der Waals surface area (Å²) < 4.78 is 38.3. The van der Waals surface area contributed by atoms with E-state index in [4.69, 9.17) is 10.8 Å². The predicted octanol–water partition coefficient (Wildman–Crippen LogP) is 1.24. The zero-order valence-electron chi connectivity index (χ0n) is 8.08. The average molecular weight is 234 g/mol. The molecule has 16 heavy (non-hydrogen) atoms. The van der Waals surface area contributed by atoms with E-state index in [2.05, 4.69) is 4.98 Å². The monoisotopic (exact) mass is 234 g/mol. The summed E-state index contributed by atoms with van der Waals surface area (Å²) >= 11 is 0. The number of halogens is 3. The molecular weight excluding hydrogens is 225 g/mol. The normalized spacial score (nSPS) is 10.8. The van der Waals surface area contributed by atoms with Gasteiger partial charge in [-0.25, -0.2) is 18.2 Å². The lowest BCUT2D eigenvalue weighted by Gasteiger charge is -2.09. The van der Waals surface area contributed by atoms with Crippen molar-refractivity contribution in [2.24, 2.45) is 5.73 Å². The Morgan fingerprint density at radius 2 is 2.19 bits per heavy atom. The van der Waals surface area contributed by atoms with Crippen LogP contribution in [-0.2, 0) is 17.8 Å². The fourth-order valence-electron chi connectivity index (χ4n) is 1.22. The van der Waals surface area contributed by atoms with Crippen LogP contribution in [0.2, 0.25) is 0 Å². The lowest BCUT2D eigenvalue weighted by Crippen LogP contribution is -2.12. The van der Waals surface area contributed by atoms with Crippen molar-refractivity contribution in [2.45, 2.75) is 19.4 Å². The standard InChI is InChI=1S/C9H9F3N2O2/c10-6-1-4(3-13)14-8(9(11)12)5(6)2-7(15)16/h1,9H,2-3,13H2,(H,15,16). The molecule has 0 fully saturated rings. The third-order valence-corrected chi connectivity index (χ3v) is 1.90. The van der Waals surface area contributed by atoms with Gasteiger partial charge in [0.25, 0.3) is 6.43 Å². The molecule has 7 heteroatoms. The number of nitrogens with two attached hydrogens (primary N) is 1. The van der Waals surface area contributed by atoms with E-state index < -0.39 is 35.9 Å². The van der Waals surface area contributed by atoms with Crippen LogP contribution in [0.5, 0.6) is 0 Å². The molecule has 0 aliphatic heterocycles. The second kappa shape index (κ2) is 4.93. The third kappa shape index (κ3) is 2.69. The molecule has 1 aromatic heterocycles. The van der Waals surface area contributed by atoms with Crippen molar-refractivity contribution in [1.82, 2.24) is 4.98 Å². The van der Waals surface area contributed by atoms with E-state index in [1.807, 2.05) is 0 Å². The van der Waals surface area contributed by atoms with Gasteiger partial charge in [0, 0.05) is 12.1 Å². The zero-order valence-corrected chi connectivity index (χ0v) is 8.08. The van der Waals surface area contributed by atoms with Crippen molar-refractivity contribution < 1.29 is 23.1 Å². The van der Waals surface area contributed by atoms with Crippen LogP contribution in [0.1, 0.15) is 23.4 Å². The van der Waals surface area contributed by atoms with Gasteiger partial charge in [0.2, 0.25) is 0 Å². The van der Waals surface area contributed by atoms with Gasteiger partial charge in [-0.1, -0.05) is 0 Å². The van der Waals surface area contributed by atoms with Crippen molar-refractivity contribution in [3.63, 3.8) is 0 Å². The van der Waals surface area contributed by atoms with Gasteiger partial charge >= 0.3 is 5.97 Å². The molecule has 0 aliphatic rings. The van der Waals surface area contributed by atoms with Gasteiger partial charge in [-0.2, -0.15) is 0 Å². The van der Waals surface area contributed by atoms with Gasteiger partial charge < -0.3 is 10.8 Å². The number of carbonyl (C=O) groups is 1. The Morgan fingerprint density at radius 1 is 1.56 bits per heavy atom. The lowest BCUT2D eigenvalue weighted by atomic mass is 10.1. The zero-order chi connectivity index (χ0) is 12.3. The van der Waals surface area contributed by atoms with E-state index in [-0.39, 0.29) is 12.2 Å². The Bertz CT molecular complexity index is 410. The Hall–Kier alpha value is -1.63. The summed E-state index contributed by atoms with van der Waals surface area (Å²) in [5.41, 5.74) is 3.65. The Morgan fingerprint density at radius 3 is 2.62 bits per heavy atom. The van der Waals surface area contributed by atoms with Crippen molar-refractivity contribution in [3.8, 4) is 0 Å². The molecule has 4 nitrogen and oxygen atoms in total. The molecule has 0 amide bonds. The Balaban J connectivity index is 3.27. The molecular formula is C9H9F3N2O2. The van der Waals surface area contributed by atoms with Gasteiger partial charge in [0.15, 0.2) is 0 Å². The number of rotatable bonds is 4. The van der Waals surface area contributed by atoms with E-state index in [9.17, 15) is 18.0 Å². The molecule has 0 unspecified atom stereocenters. The van der Waals surface area contributed by atoms with Crippen LogP contribution < -0.4 is 5.73 Å². The van der Waals surface area contributed by atoms with Crippen LogP contribution in [0.4, 0.5) is 13.2 Å². The molecule has 0 saturated carbocycles. The highest BCUT2D eigenvalue weighted by Gasteiger charge is 2.21. The Kier molecular flexibility index (Phi) is 3.83. The lowest BCUT2D eigenvalue weighted by molar-refractivity contribution is -0.136. The van der Waals surface area contributed by atoms with E-state index >= 15 is 0 Å². The second-order valence-electron chi connectivity index (χ2n) is 3.03. The predicted molar refractivity (Wildman–Crippen MR) is 48.4 cm³/mol. The number of nitrogens with zero attached hydrogens (tertiary/aromatic N) is 1. The van der Waals surface area contributed by atoms with Crippen LogP contribution in [-0.4, -0.2) is 16.1 Å². The molecule has 1 heterocycles. The summed E-state index contributed by atoms with van der Waals surface area (Å²) in [7, 11) is 0. The first kappa shape index (κ1) is 12.4. The van der Waals surface area contributed by atoms with Gasteiger partial charge in [0.05, 0.1) is 12.1 Å². The van der Waals surface area contributed by atoms with E-state index in [0.717, 1.165) is 6.07 Å². The smallest absolute Gasteiger partial charge is 0.308 e. The summed E-state index contributed by atoms with van der Waals surface area (Å²) in [4.78, 5) is 13.8. The number of aromatic nitrogens is 1. The summed E-state index contributed by atoms with van der Waals surface area (Å²) in [5, 5.41) is 8.46. The first-order valence-corrected chi connectivity index (χ1v) is 4.34. The fraction of sp³-hybridized carbons (Fsp3) is 0.333. The first-order chi connectivity index (χ1) is 7.45. The maximum absolute atomic E-state index is 13.3. The number of aliphatic carboxylic acids is 1. The van der Waals surface area contributed by atoms with E-state index in [1.54, 1.807) is 0 Å². The highest BCUT2D eigenvalue weighted by atomic mass is 19.3. The molecule has 0 aliphatic carbocycles. The van der Waals surface area contributed by atoms with Gasteiger partial charge in [-0.3, -0.25) is 4.79 Å². The average Bonchev–Trinajstić information content (AvgIpc) is 2.19. The highest BCUT2D eigenvalue weighted by Crippen LogP contribution is 2.24. The second-order valence-corrected chi connectivity index (χ2v) is 3.03. The first-order valence-electron chi connectivity index (χ1n) is 4.34. The van der Waals surface area contributed by atoms with Gasteiger partial charge in [0.1, 0.15) is 11.5 Å². The van der Waals surface area contributed by atoms with Crippen LogP contribution >= 0.6 is 0 Å². The molecule has 3 N–H and O–H groups in total. The minimum absolute atomic E-state index is 0.0399. The van der Waals surface area contributed by atoms with E-state index in [0.29, 0.717) is 0 Å². The quantitative estimate of drug-likeness (QED) is 0.821. The summed E-state index contributed by atoms with van der Waals surface area (Å²) in [5.74, 6) is -2.42. The molecule has 1 aromatic rings. The topological polar surface area (TPSA) is 76.2 Å². The van der Waals surface area contributed by atoms with Crippen LogP contribution in [0.25, 0.3) is 0 Å². The van der Waals surface area contributed by atoms with E-state index in [1.165, 1.54) is 0 Å². The minimum Gasteiger partial charge on any atom is -0.481 e. The molecule has 0 saturated heterocycles. The summed E-state index contributed by atoms with van der Waals surface area (Å²) in [6, 6.07) is 0.865. The molecule has 1 rings (SSSR count). The summed E-state index contributed by atoms with van der Waals surface area (Å²) in [6.45, 7) is -0.190. The van der Waals surface area contributed by atoms with Crippen molar-refractivity contribution in [3.05, 3.63) is 28.8 Å². The molecule has 0 atom stereocenters. The maximum Gasteiger partial charge on any atom is 0.308 e. The number of hydrogen-bond acceptors (Lipinski definition) is 3. The molecule has 88 valence electrons. The largest absolute Gasteiger partial charge is 0.481 e. The highest BCUT2D eigenvalue weighted by molar-refractivity contribution is 5.70. The SMILES string of the molecule is NCc1cc(F)c(CC(=O)O)c(C(F)F)n1. The van der Waals surface area contributed by atoms with Crippen molar-refractivity contribution >= 4 is 5.97 Å². The molecule has 0 bridgehead atoms. The molecule has 0 aromatic carbocycles. The minimum atomic E-state index is -3.03. The number of hydrogen-bond donors (Lipinski definition) is 2. The maximum atomic E-state index is 13.3. The third-order valence-electron chi connectivity index (χ3n) is 1.90. The van der Waals surface area contributed by atoms with Gasteiger partial charge in [-0.15, -0.1) is 0 Å². The van der Waals surface area contributed by atoms with Crippen LogP contribution in [0, 0.1) is 5.82 Å². The molecule has 0 radical (unpaired) electrons. The Labute approximate surface area is 88.9 Å². The van der Waals surface area contributed by atoms with Crippen LogP contribution in [0.3, 0.4) is 0 Å². The number of pyridine rings is 1. The number of alkyl halides is 2. The van der Waals surface area contributed by atoms with Gasteiger partial charge in [-0.05, 0) is 6.07 Å². The van der Waals surface area contributed by atoms with Crippen molar-refractivity contribution in [2.75, 3.05) is 0 Å². The number of carboxylic acids is 1. The molecule has 0 spiro atoms.